The minimum atomic E-state index is -0.375. The number of hydrogen-bond acceptors (Lipinski definition) is 4. The smallest absolute Gasteiger partial charge is 0.232 e. The second-order valence-electron chi connectivity index (χ2n) is 8.87. The molecule has 0 saturated carbocycles. The molecular formula is C25H26ClNO4. The number of anilines is 1. The zero-order valence-electron chi connectivity index (χ0n) is 18.2. The molecule has 2 aromatic carbocycles. The van der Waals surface area contributed by atoms with Crippen molar-refractivity contribution in [3.8, 4) is 11.5 Å². The number of methoxy groups -OCH3 is 2. The molecule has 6 heteroatoms. The third-order valence-electron chi connectivity index (χ3n) is 6.04. The van der Waals surface area contributed by atoms with Gasteiger partial charge in [-0.05, 0) is 54.3 Å². The molecule has 0 spiro atoms. The van der Waals surface area contributed by atoms with Gasteiger partial charge in [0.2, 0.25) is 5.91 Å². The van der Waals surface area contributed by atoms with Gasteiger partial charge in [-0.25, -0.2) is 0 Å². The van der Waals surface area contributed by atoms with Crippen molar-refractivity contribution in [2.24, 2.45) is 5.41 Å². The van der Waals surface area contributed by atoms with Crippen LogP contribution in [0, 0.1) is 5.41 Å². The van der Waals surface area contributed by atoms with Crippen LogP contribution in [0.25, 0.3) is 0 Å². The van der Waals surface area contributed by atoms with Gasteiger partial charge in [0.1, 0.15) is 11.5 Å². The Balaban J connectivity index is 1.92. The summed E-state index contributed by atoms with van der Waals surface area (Å²) in [6.45, 7) is 4.13. The first-order valence-electron chi connectivity index (χ1n) is 10.3. The van der Waals surface area contributed by atoms with E-state index in [0.717, 1.165) is 16.9 Å². The molecule has 0 N–H and O–H groups in total. The molecule has 162 valence electrons. The first-order chi connectivity index (χ1) is 14.7. The molecule has 1 heterocycles. The molecule has 1 atom stereocenters. The van der Waals surface area contributed by atoms with Gasteiger partial charge < -0.3 is 9.47 Å². The van der Waals surface area contributed by atoms with Gasteiger partial charge in [-0.1, -0.05) is 25.4 Å². The summed E-state index contributed by atoms with van der Waals surface area (Å²) >= 11 is 6.06. The van der Waals surface area contributed by atoms with Crippen molar-refractivity contribution < 1.29 is 19.1 Å². The van der Waals surface area contributed by atoms with E-state index in [9.17, 15) is 9.59 Å². The van der Waals surface area contributed by atoms with Gasteiger partial charge in [-0.2, -0.15) is 0 Å². The molecule has 31 heavy (non-hydrogen) atoms. The highest BCUT2D eigenvalue weighted by Gasteiger charge is 2.45. The second-order valence-corrected chi connectivity index (χ2v) is 9.31. The molecule has 0 radical (unpaired) electrons. The molecule has 5 nitrogen and oxygen atoms in total. The Hall–Kier alpha value is -2.79. The molecule has 2 aromatic rings. The largest absolute Gasteiger partial charge is 0.497 e. The van der Waals surface area contributed by atoms with E-state index in [4.69, 9.17) is 21.1 Å². The fraction of sp³-hybridized carbons (Fsp3) is 0.360. The van der Waals surface area contributed by atoms with Gasteiger partial charge in [0.05, 0.1) is 14.2 Å². The Kier molecular flexibility index (Phi) is 5.56. The minimum Gasteiger partial charge on any atom is -0.497 e. The lowest BCUT2D eigenvalue weighted by atomic mass is 9.69. The number of amides is 1. The van der Waals surface area contributed by atoms with Crippen LogP contribution in [0.1, 0.15) is 44.6 Å². The normalized spacial score (nSPS) is 20.5. The van der Waals surface area contributed by atoms with E-state index in [0.29, 0.717) is 34.9 Å². The van der Waals surface area contributed by atoms with Gasteiger partial charge in [0.25, 0.3) is 0 Å². The van der Waals surface area contributed by atoms with Gasteiger partial charge in [0.15, 0.2) is 5.78 Å². The molecule has 0 saturated heterocycles. The molecule has 1 unspecified atom stereocenters. The van der Waals surface area contributed by atoms with Crippen LogP contribution in [-0.4, -0.2) is 25.9 Å². The van der Waals surface area contributed by atoms with E-state index < -0.39 is 0 Å². The molecule has 0 bridgehead atoms. The zero-order chi connectivity index (χ0) is 22.3. The average Bonchev–Trinajstić information content (AvgIpc) is 2.72. The lowest BCUT2D eigenvalue weighted by molar-refractivity contribution is -0.121. The Morgan fingerprint density at radius 3 is 2.35 bits per heavy atom. The van der Waals surface area contributed by atoms with Crippen molar-refractivity contribution in [1.29, 1.82) is 0 Å². The summed E-state index contributed by atoms with van der Waals surface area (Å²) in [5.41, 5.74) is 2.76. The number of nitrogens with zero attached hydrogens (tertiary/aromatic N) is 1. The van der Waals surface area contributed by atoms with Crippen LogP contribution in [0.4, 0.5) is 5.69 Å². The number of ether oxygens (including phenoxy) is 2. The highest BCUT2D eigenvalue weighted by molar-refractivity contribution is 6.30. The summed E-state index contributed by atoms with van der Waals surface area (Å²) in [5, 5.41) is 0.599. The molecule has 1 aliphatic carbocycles. The SMILES string of the molecule is COc1ccc(OC)c(C2CC(=O)N(c3ccc(Cl)cc3)C3=C2C(=O)CC(C)(C)C3)c1. The maximum Gasteiger partial charge on any atom is 0.232 e. The zero-order valence-corrected chi connectivity index (χ0v) is 19.0. The Morgan fingerprint density at radius 2 is 1.71 bits per heavy atom. The van der Waals surface area contributed by atoms with Gasteiger partial charge in [-0.15, -0.1) is 0 Å². The highest BCUT2D eigenvalue weighted by Crippen LogP contribution is 2.50. The molecular weight excluding hydrogens is 414 g/mol. The first-order valence-corrected chi connectivity index (χ1v) is 10.7. The van der Waals surface area contributed by atoms with Crippen LogP contribution < -0.4 is 14.4 Å². The Morgan fingerprint density at radius 1 is 1.00 bits per heavy atom. The number of ketones is 1. The van der Waals surface area contributed by atoms with Crippen molar-refractivity contribution in [3.05, 3.63) is 64.3 Å². The number of benzene rings is 2. The van der Waals surface area contributed by atoms with E-state index in [-0.39, 0.29) is 29.4 Å². The lowest BCUT2D eigenvalue weighted by Gasteiger charge is -2.43. The fourth-order valence-corrected chi connectivity index (χ4v) is 4.81. The number of rotatable bonds is 4. The number of carbonyl (C=O) groups is 2. The van der Waals surface area contributed by atoms with Crippen LogP contribution in [-0.2, 0) is 9.59 Å². The minimum absolute atomic E-state index is 0.0542. The van der Waals surface area contributed by atoms with Crippen molar-refractivity contribution in [3.63, 3.8) is 0 Å². The molecule has 0 fully saturated rings. The highest BCUT2D eigenvalue weighted by atomic mass is 35.5. The third kappa shape index (κ3) is 3.94. The maximum absolute atomic E-state index is 13.5. The predicted molar refractivity (Wildman–Crippen MR) is 121 cm³/mol. The molecule has 1 aliphatic heterocycles. The number of carbonyl (C=O) groups excluding carboxylic acids is 2. The van der Waals surface area contributed by atoms with E-state index in [1.54, 1.807) is 31.3 Å². The maximum atomic E-state index is 13.5. The van der Waals surface area contributed by atoms with Crippen LogP contribution in [0.5, 0.6) is 11.5 Å². The lowest BCUT2D eigenvalue weighted by Crippen LogP contribution is -2.43. The van der Waals surface area contributed by atoms with Crippen molar-refractivity contribution in [1.82, 2.24) is 0 Å². The van der Waals surface area contributed by atoms with Gasteiger partial charge in [-0.3, -0.25) is 14.5 Å². The fourth-order valence-electron chi connectivity index (χ4n) is 4.68. The van der Waals surface area contributed by atoms with Crippen molar-refractivity contribution >= 4 is 29.0 Å². The third-order valence-corrected chi connectivity index (χ3v) is 6.29. The number of halogens is 1. The summed E-state index contributed by atoms with van der Waals surface area (Å²) in [6.07, 6.45) is 1.25. The van der Waals surface area contributed by atoms with Crippen molar-refractivity contribution in [2.75, 3.05) is 19.1 Å². The second kappa shape index (κ2) is 8.04. The number of Topliss-reactive ketones (excluding diaryl/α,β-unsaturated/α-hetero) is 1. The van der Waals surface area contributed by atoms with E-state index >= 15 is 0 Å². The topological polar surface area (TPSA) is 55.8 Å². The van der Waals surface area contributed by atoms with Gasteiger partial charge in [0, 0.05) is 46.3 Å². The number of hydrogen-bond donors (Lipinski definition) is 0. The van der Waals surface area contributed by atoms with E-state index in [1.165, 1.54) is 0 Å². The first kappa shape index (κ1) is 21.4. The summed E-state index contributed by atoms with van der Waals surface area (Å²) in [6, 6.07) is 12.7. The summed E-state index contributed by atoms with van der Waals surface area (Å²) in [7, 11) is 3.19. The summed E-state index contributed by atoms with van der Waals surface area (Å²) in [4.78, 5) is 28.6. The van der Waals surface area contributed by atoms with Crippen LogP contribution in [0.2, 0.25) is 5.02 Å². The predicted octanol–water partition coefficient (Wildman–Crippen LogP) is 5.52. The Bertz CT molecular complexity index is 1070. The van der Waals surface area contributed by atoms with Crippen LogP contribution in [0.3, 0.4) is 0 Å². The van der Waals surface area contributed by atoms with E-state index in [2.05, 4.69) is 13.8 Å². The molecule has 1 amide bonds. The monoisotopic (exact) mass is 439 g/mol. The van der Waals surface area contributed by atoms with Crippen molar-refractivity contribution in [2.45, 2.75) is 39.0 Å². The van der Waals surface area contributed by atoms with Crippen LogP contribution >= 0.6 is 11.6 Å². The quantitative estimate of drug-likeness (QED) is 0.629. The average molecular weight is 440 g/mol. The van der Waals surface area contributed by atoms with Crippen LogP contribution in [0.15, 0.2) is 53.7 Å². The molecule has 0 aromatic heterocycles. The molecule has 4 rings (SSSR count). The summed E-state index contributed by atoms with van der Waals surface area (Å²) in [5.74, 6) is 0.950. The molecule has 2 aliphatic rings. The summed E-state index contributed by atoms with van der Waals surface area (Å²) < 4.78 is 11.0. The van der Waals surface area contributed by atoms with E-state index in [1.807, 2.05) is 30.3 Å². The Labute approximate surface area is 187 Å². The standard InChI is InChI=1S/C25H26ClNO4/c1-25(2)13-20-24(21(28)14-25)19(18-11-17(30-3)9-10-22(18)31-4)12-23(29)27(20)16-7-5-15(26)6-8-16/h5-11,19H,12-14H2,1-4H3. The van der Waals surface area contributed by atoms with Gasteiger partial charge >= 0.3 is 0 Å². The number of allylic oxidation sites excluding steroid dienone is 2.